The predicted octanol–water partition coefficient (Wildman–Crippen LogP) is 2.21. The maximum atomic E-state index is 3.39. The quantitative estimate of drug-likeness (QED) is 0.646. The summed E-state index contributed by atoms with van der Waals surface area (Å²) in [6.45, 7) is 13.7. The highest BCUT2D eigenvalue weighted by Gasteiger charge is 2.06. The van der Waals surface area contributed by atoms with Crippen molar-refractivity contribution in [3.05, 3.63) is 0 Å². The van der Waals surface area contributed by atoms with Crippen molar-refractivity contribution in [2.24, 2.45) is 11.8 Å². The third-order valence-electron chi connectivity index (χ3n) is 2.45. The molecule has 0 aliphatic carbocycles. The van der Waals surface area contributed by atoms with Crippen molar-refractivity contribution in [3.8, 4) is 0 Å². The molecular formula is C12H28N2. The van der Waals surface area contributed by atoms with Gasteiger partial charge >= 0.3 is 0 Å². The summed E-state index contributed by atoms with van der Waals surface area (Å²) in [5.74, 6) is 1.58. The maximum absolute atomic E-state index is 3.39. The van der Waals surface area contributed by atoms with Gasteiger partial charge in [-0.2, -0.15) is 0 Å². The number of hydrogen-bond acceptors (Lipinski definition) is 2. The van der Waals surface area contributed by atoms with Gasteiger partial charge in [0.15, 0.2) is 0 Å². The smallest absolute Gasteiger partial charge is 0.00161 e. The second kappa shape index (κ2) is 8.25. The minimum atomic E-state index is 0.757. The lowest BCUT2D eigenvalue weighted by Crippen LogP contribution is -2.31. The molecule has 86 valence electrons. The van der Waals surface area contributed by atoms with Crippen LogP contribution in [0.25, 0.3) is 0 Å². The van der Waals surface area contributed by atoms with Gasteiger partial charge in [0.1, 0.15) is 0 Å². The maximum Gasteiger partial charge on any atom is 0.00161 e. The summed E-state index contributed by atoms with van der Waals surface area (Å²) >= 11 is 0. The average molecular weight is 200 g/mol. The molecule has 0 fully saturated rings. The zero-order valence-electron chi connectivity index (χ0n) is 10.6. The van der Waals surface area contributed by atoms with E-state index in [9.17, 15) is 0 Å². The molecule has 0 aromatic carbocycles. The van der Waals surface area contributed by atoms with Crippen molar-refractivity contribution in [3.63, 3.8) is 0 Å². The summed E-state index contributed by atoms with van der Waals surface area (Å²) in [7, 11) is 2.23. The molecule has 0 rings (SSSR count). The Morgan fingerprint density at radius 2 is 1.86 bits per heavy atom. The second-order valence-electron chi connectivity index (χ2n) is 4.86. The van der Waals surface area contributed by atoms with E-state index in [4.69, 9.17) is 0 Å². The number of nitrogens with zero attached hydrogens (tertiary/aromatic N) is 1. The Balaban J connectivity index is 3.44. The fraction of sp³-hybridized carbons (Fsp3) is 1.00. The lowest BCUT2D eigenvalue weighted by atomic mass is 10.1. The molecule has 0 spiro atoms. The fourth-order valence-corrected chi connectivity index (χ4v) is 1.56. The van der Waals surface area contributed by atoms with Crippen molar-refractivity contribution in [2.45, 2.75) is 34.1 Å². The SMILES string of the molecule is CCNCC(C)CN(C)CCC(C)C. The van der Waals surface area contributed by atoms with Gasteiger partial charge in [0.2, 0.25) is 0 Å². The zero-order chi connectivity index (χ0) is 11.0. The van der Waals surface area contributed by atoms with Crippen molar-refractivity contribution in [1.29, 1.82) is 0 Å². The van der Waals surface area contributed by atoms with E-state index in [1.54, 1.807) is 0 Å². The molecule has 0 radical (unpaired) electrons. The monoisotopic (exact) mass is 200 g/mol. The lowest BCUT2D eigenvalue weighted by molar-refractivity contribution is 0.267. The van der Waals surface area contributed by atoms with Gasteiger partial charge < -0.3 is 10.2 Å². The summed E-state index contributed by atoms with van der Waals surface area (Å²) in [5.41, 5.74) is 0. The van der Waals surface area contributed by atoms with Crippen LogP contribution in [0, 0.1) is 11.8 Å². The van der Waals surface area contributed by atoms with Gasteiger partial charge in [-0.1, -0.05) is 27.7 Å². The van der Waals surface area contributed by atoms with Crippen LogP contribution in [0.4, 0.5) is 0 Å². The highest BCUT2D eigenvalue weighted by molar-refractivity contribution is 4.62. The molecule has 0 saturated heterocycles. The molecule has 0 aliphatic heterocycles. The topological polar surface area (TPSA) is 15.3 Å². The van der Waals surface area contributed by atoms with Crippen molar-refractivity contribution < 1.29 is 0 Å². The first-order valence-electron chi connectivity index (χ1n) is 5.95. The van der Waals surface area contributed by atoms with Crippen LogP contribution in [0.15, 0.2) is 0 Å². The van der Waals surface area contributed by atoms with Gasteiger partial charge in [-0.05, 0) is 44.9 Å². The highest BCUT2D eigenvalue weighted by atomic mass is 15.1. The van der Waals surface area contributed by atoms with Crippen LogP contribution in [-0.2, 0) is 0 Å². The van der Waals surface area contributed by atoms with Crippen molar-refractivity contribution in [1.82, 2.24) is 10.2 Å². The molecule has 1 atom stereocenters. The molecule has 1 N–H and O–H groups in total. The molecule has 0 heterocycles. The Morgan fingerprint density at radius 1 is 1.21 bits per heavy atom. The fourth-order valence-electron chi connectivity index (χ4n) is 1.56. The Labute approximate surface area is 90.1 Å². The van der Waals surface area contributed by atoms with E-state index >= 15 is 0 Å². The Morgan fingerprint density at radius 3 is 2.36 bits per heavy atom. The van der Waals surface area contributed by atoms with Gasteiger partial charge in [-0.25, -0.2) is 0 Å². The van der Waals surface area contributed by atoms with Gasteiger partial charge in [0.25, 0.3) is 0 Å². The van der Waals surface area contributed by atoms with Gasteiger partial charge in [-0.3, -0.25) is 0 Å². The number of nitrogens with one attached hydrogen (secondary N) is 1. The molecule has 0 saturated carbocycles. The summed E-state index contributed by atoms with van der Waals surface area (Å²) in [6, 6.07) is 0. The summed E-state index contributed by atoms with van der Waals surface area (Å²) in [4.78, 5) is 2.45. The largest absolute Gasteiger partial charge is 0.317 e. The van der Waals surface area contributed by atoms with Crippen LogP contribution in [0.3, 0.4) is 0 Å². The van der Waals surface area contributed by atoms with E-state index in [-0.39, 0.29) is 0 Å². The lowest BCUT2D eigenvalue weighted by Gasteiger charge is -2.22. The minimum absolute atomic E-state index is 0.757. The number of hydrogen-bond donors (Lipinski definition) is 1. The molecule has 0 bridgehead atoms. The predicted molar refractivity (Wildman–Crippen MR) is 64.7 cm³/mol. The Hall–Kier alpha value is -0.0800. The van der Waals surface area contributed by atoms with Crippen molar-refractivity contribution in [2.75, 3.05) is 33.2 Å². The molecule has 2 heteroatoms. The molecule has 0 aromatic rings. The van der Waals surface area contributed by atoms with E-state index in [0.717, 1.165) is 24.9 Å². The van der Waals surface area contributed by atoms with Gasteiger partial charge in [0, 0.05) is 6.54 Å². The molecule has 2 nitrogen and oxygen atoms in total. The third kappa shape index (κ3) is 8.52. The molecule has 0 aromatic heterocycles. The molecule has 14 heavy (non-hydrogen) atoms. The van der Waals surface area contributed by atoms with E-state index < -0.39 is 0 Å². The summed E-state index contributed by atoms with van der Waals surface area (Å²) in [6.07, 6.45) is 1.31. The summed E-state index contributed by atoms with van der Waals surface area (Å²) < 4.78 is 0. The normalized spacial score (nSPS) is 13.9. The zero-order valence-corrected chi connectivity index (χ0v) is 10.6. The van der Waals surface area contributed by atoms with Crippen LogP contribution in [0.5, 0.6) is 0 Å². The average Bonchev–Trinajstić information content (AvgIpc) is 2.11. The Bertz CT molecular complexity index is 123. The van der Waals surface area contributed by atoms with Gasteiger partial charge in [-0.15, -0.1) is 0 Å². The first kappa shape index (κ1) is 13.9. The molecular weight excluding hydrogens is 172 g/mol. The number of rotatable bonds is 8. The first-order valence-corrected chi connectivity index (χ1v) is 5.95. The van der Waals surface area contributed by atoms with E-state index in [1.807, 2.05) is 0 Å². The van der Waals surface area contributed by atoms with Crippen LogP contribution in [-0.4, -0.2) is 38.1 Å². The summed E-state index contributed by atoms with van der Waals surface area (Å²) in [5, 5.41) is 3.39. The van der Waals surface area contributed by atoms with E-state index in [0.29, 0.717) is 0 Å². The molecule has 1 unspecified atom stereocenters. The standard InChI is InChI=1S/C12H28N2/c1-6-13-9-12(4)10-14(5)8-7-11(2)3/h11-13H,6-10H2,1-5H3. The minimum Gasteiger partial charge on any atom is -0.317 e. The molecule has 0 aliphatic rings. The Kier molecular flexibility index (Phi) is 8.20. The molecule has 0 amide bonds. The van der Waals surface area contributed by atoms with E-state index in [1.165, 1.54) is 19.5 Å². The van der Waals surface area contributed by atoms with E-state index in [2.05, 4.69) is 45.0 Å². The van der Waals surface area contributed by atoms with Crippen LogP contribution < -0.4 is 5.32 Å². The first-order chi connectivity index (χ1) is 6.56. The van der Waals surface area contributed by atoms with Crippen LogP contribution in [0.2, 0.25) is 0 Å². The van der Waals surface area contributed by atoms with Crippen LogP contribution >= 0.6 is 0 Å². The third-order valence-corrected chi connectivity index (χ3v) is 2.45. The van der Waals surface area contributed by atoms with Crippen molar-refractivity contribution >= 4 is 0 Å². The second-order valence-corrected chi connectivity index (χ2v) is 4.86. The highest BCUT2D eigenvalue weighted by Crippen LogP contribution is 2.03. The van der Waals surface area contributed by atoms with Crippen LogP contribution in [0.1, 0.15) is 34.1 Å². The van der Waals surface area contributed by atoms with Gasteiger partial charge in [0.05, 0.1) is 0 Å².